The number of hydrogen-bond acceptors (Lipinski definition) is 11. The third-order valence-electron chi connectivity index (χ3n) is 10.4. The van der Waals surface area contributed by atoms with Gasteiger partial charge < -0.3 is 25.7 Å². The Hall–Kier alpha value is -5.57. The summed E-state index contributed by atoms with van der Waals surface area (Å²) in [5, 5.41) is 18.2. The van der Waals surface area contributed by atoms with Crippen molar-refractivity contribution in [1.29, 1.82) is 0 Å². The zero-order chi connectivity index (χ0) is 39.6. The molecule has 0 unspecified atom stereocenters. The monoisotopic (exact) mass is 803 g/mol. The number of carboxylic acid groups (broad SMARTS) is 1. The molecule has 0 saturated heterocycles. The lowest BCUT2D eigenvalue weighted by atomic mass is 9.73. The van der Waals surface area contributed by atoms with Crippen molar-refractivity contribution in [3.63, 3.8) is 0 Å². The van der Waals surface area contributed by atoms with Gasteiger partial charge in [0.25, 0.3) is 0 Å². The summed E-state index contributed by atoms with van der Waals surface area (Å²) in [5.74, 6) is -1.06. The number of pyridine rings is 2. The number of rotatable bonds is 8. The molecule has 6 aromatic rings. The molecule has 6 aromatic heterocycles. The fraction of sp³-hybridized carbons (Fsp3) is 0.368. The van der Waals surface area contributed by atoms with Gasteiger partial charge in [-0.25, -0.2) is 43.5 Å². The number of aliphatic imine (C=N–C) groups is 1. The molecule has 5 N–H and O–H groups in total. The van der Waals surface area contributed by atoms with E-state index in [4.69, 9.17) is 23.2 Å². The van der Waals surface area contributed by atoms with Gasteiger partial charge in [0.2, 0.25) is 6.08 Å². The van der Waals surface area contributed by atoms with Crippen LogP contribution in [-0.4, -0.2) is 74.7 Å². The van der Waals surface area contributed by atoms with Crippen LogP contribution in [0.25, 0.3) is 44.8 Å². The van der Waals surface area contributed by atoms with E-state index >= 15 is 0 Å². The van der Waals surface area contributed by atoms with Crippen LogP contribution >= 0.6 is 23.2 Å². The molecule has 0 bridgehead atoms. The molecule has 0 radical (unpaired) electrons. The van der Waals surface area contributed by atoms with Crippen LogP contribution in [0.15, 0.2) is 54.3 Å². The normalized spacial score (nSPS) is 22.2. The minimum atomic E-state index is -0.828. The van der Waals surface area contributed by atoms with Crippen LogP contribution in [0.4, 0.5) is 20.4 Å². The first-order valence-corrected chi connectivity index (χ1v) is 18.8. The Bertz CT molecular complexity index is 2320. The maximum absolute atomic E-state index is 14.4. The zero-order valence-corrected chi connectivity index (χ0v) is 31.8. The SMILES string of the molecule is C[C@@]1(C(=O)O)CCC[C@H](Nc2nc(-c3c[nH]c4ncc(Cl)cc34)ncc2F)C1.C[C@@]1(N=C=O)CCC[C@H](Nc2nc(-c3c[nH]c4ncc(Cl)cc34)ncc2F)C1. The third-order valence-corrected chi connectivity index (χ3v) is 10.8. The van der Waals surface area contributed by atoms with Crippen molar-refractivity contribution in [2.24, 2.45) is 10.4 Å². The number of carbonyl (C=O) groups excluding carboxylic acids is 1. The molecular weight excluding hydrogens is 767 g/mol. The van der Waals surface area contributed by atoms with E-state index in [1.807, 2.05) is 6.92 Å². The van der Waals surface area contributed by atoms with Gasteiger partial charge >= 0.3 is 5.97 Å². The van der Waals surface area contributed by atoms with Crippen LogP contribution in [-0.2, 0) is 9.59 Å². The van der Waals surface area contributed by atoms with E-state index in [-0.39, 0.29) is 23.7 Å². The summed E-state index contributed by atoms with van der Waals surface area (Å²) in [6.45, 7) is 3.64. The second-order valence-electron chi connectivity index (χ2n) is 14.7. The lowest BCUT2D eigenvalue weighted by Crippen LogP contribution is -2.39. The first kappa shape index (κ1) is 38.7. The van der Waals surface area contributed by atoms with Crippen LogP contribution in [0.2, 0.25) is 10.0 Å². The highest BCUT2D eigenvalue weighted by molar-refractivity contribution is 6.31. The Morgan fingerprint density at radius 1 is 0.821 bits per heavy atom. The third kappa shape index (κ3) is 8.32. The molecule has 56 heavy (non-hydrogen) atoms. The standard InChI is InChI=1S/C19H18ClFN6O.C19H19ClFN5O2/c1-19(25-10-28)4-2-3-12(6-19)26-18-15(21)9-24-17(27-18)14-8-23-16-13(14)5-11(20)7-22-16;1-19(18(27)28)4-2-3-11(6-19)25-17-14(21)9-24-16(26-17)13-8-23-15-12(13)5-10(20)7-22-15/h5,7-9,12H,2-4,6H2,1H3,(H,22,23)(H,24,26,27);5,7-9,11H,2-4,6H2,1H3,(H,22,23)(H,27,28)(H,24,25,26)/t12-,19+;11-,19+/m00/s1. The highest BCUT2D eigenvalue weighted by atomic mass is 35.5. The molecule has 2 fully saturated rings. The molecule has 0 aromatic carbocycles. The molecule has 2 aliphatic rings. The quantitative estimate of drug-likeness (QED) is 0.0730. The molecule has 4 atom stereocenters. The zero-order valence-electron chi connectivity index (χ0n) is 30.3. The van der Waals surface area contributed by atoms with Gasteiger partial charge in [0.05, 0.1) is 33.4 Å². The average molecular weight is 805 g/mol. The molecule has 8 rings (SSSR count). The lowest BCUT2D eigenvalue weighted by Gasteiger charge is -2.35. The number of halogens is 4. The van der Waals surface area contributed by atoms with Crippen molar-refractivity contribution in [2.45, 2.75) is 82.8 Å². The van der Waals surface area contributed by atoms with Crippen LogP contribution in [0.3, 0.4) is 0 Å². The van der Waals surface area contributed by atoms with Gasteiger partial charge in [0, 0.05) is 58.8 Å². The number of hydrogen-bond donors (Lipinski definition) is 5. The van der Waals surface area contributed by atoms with Gasteiger partial charge in [-0.3, -0.25) is 4.79 Å². The number of aromatic nitrogens is 8. The summed E-state index contributed by atoms with van der Waals surface area (Å²) in [5.41, 5.74) is 1.33. The smallest absolute Gasteiger partial charge is 0.309 e. The Labute approximate surface area is 329 Å². The lowest BCUT2D eigenvalue weighted by molar-refractivity contribution is -0.149. The average Bonchev–Trinajstić information content (AvgIpc) is 3.78. The van der Waals surface area contributed by atoms with Crippen molar-refractivity contribution in [1.82, 2.24) is 39.9 Å². The fourth-order valence-corrected chi connectivity index (χ4v) is 7.83. The van der Waals surface area contributed by atoms with E-state index in [9.17, 15) is 23.5 Å². The number of aliphatic carboxylic acids is 1. The maximum Gasteiger partial charge on any atom is 0.309 e. The maximum atomic E-state index is 14.4. The Kier molecular flexibility index (Phi) is 11.0. The van der Waals surface area contributed by atoms with Crippen molar-refractivity contribution < 1.29 is 23.5 Å². The number of carboxylic acids is 1. The fourth-order valence-electron chi connectivity index (χ4n) is 7.51. The van der Waals surface area contributed by atoms with Crippen LogP contribution in [0, 0.1) is 17.0 Å². The molecular formula is C38H37Cl2F2N11O3. The van der Waals surface area contributed by atoms with Gasteiger partial charge in [-0.15, -0.1) is 0 Å². The number of anilines is 2. The van der Waals surface area contributed by atoms with Gasteiger partial charge in [-0.2, -0.15) is 4.99 Å². The molecule has 2 aliphatic carbocycles. The number of fused-ring (bicyclic) bond motifs is 2. The molecule has 0 spiro atoms. The van der Waals surface area contributed by atoms with E-state index in [0.29, 0.717) is 63.4 Å². The van der Waals surface area contributed by atoms with E-state index in [0.717, 1.165) is 55.3 Å². The van der Waals surface area contributed by atoms with Crippen molar-refractivity contribution in [3.8, 4) is 22.8 Å². The van der Waals surface area contributed by atoms with Crippen molar-refractivity contribution in [2.75, 3.05) is 10.6 Å². The largest absolute Gasteiger partial charge is 0.481 e. The number of isocyanates is 1. The summed E-state index contributed by atoms with van der Waals surface area (Å²) in [6.07, 6.45) is 16.1. The van der Waals surface area contributed by atoms with Crippen molar-refractivity contribution >= 4 is 69.0 Å². The molecule has 2 saturated carbocycles. The summed E-state index contributed by atoms with van der Waals surface area (Å²) in [4.78, 5) is 57.6. The summed E-state index contributed by atoms with van der Waals surface area (Å²) >= 11 is 12.1. The molecule has 0 aliphatic heterocycles. The molecule has 0 amide bonds. The summed E-state index contributed by atoms with van der Waals surface area (Å²) < 4.78 is 28.7. The van der Waals surface area contributed by atoms with Gasteiger partial charge in [-0.05, 0) is 70.9 Å². The number of aromatic amines is 2. The van der Waals surface area contributed by atoms with Crippen LogP contribution in [0.5, 0.6) is 0 Å². The summed E-state index contributed by atoms with van der Waals surface area (Å²) in [7, 11) is 0. The van der Waals surface area contributed by atoms with Crippen molar-refractivity contribution in [3.05, 3.63) is 71.0 Å². The number of nitrogens with zero attached hydrogens (tertiary/aromatic N) is 7. The Balaban J connectivity index is 0.000000172. The second kappa shape index (κ2) is 15.9. The van der Waals surface area contributed by atoms with E-state index in [1.54, 1.807) is 43.7 Å². The number of nitrogens with one attached hydrogen (secondary N) is 4. The van der Waals surface area contributed by atoms with E-state index in [2.05, 4.69) is 55.5 Å². The molecule has 6 heterocycles. The minimum absolute atomic E-state index is 0.0489. The Morgan fingerprint density at radius 2 is 1.32 bits per heavy atom. The van der Waals surface area contributed by atoms with Gasteiger partial charge in [-0.1, -0.05) is 29.6 Å². The first-order valence-electron chi connectivity index (χ1n) is 18.0. The highest BCUT2D eigenvalue weighted by Crippen LogP contribution is 2.38. The first-order chi connectivity index (χ1) is 26.8. The van der Waals surface area contributed by atoms with Gasteiger partial charge in [0.15, 0.2) is 34.9 Å². The number of H-pyrrole nitrogens is 2. The molecule has 14 nitrogen and oxygen atoms in total. The Morgan fingerprint density at radius 3 is 1.82 bits per heavy atom. The van der Waals surface area contributed by atoms with Crippen LogP contribution in [0.1, 0.15) is 65.2 Å². The predicted octanol–water partition coefficient (Wildman–Crippen LogP) is 8.52. The summed E-state index contributed by atoms with van der Waals surface area (Å²) in [6, 6.07) is 3.28. The van der Waals surface area contributed by atoms with E-state index in [1.165, 1.54) is 6.20 Å². The molecule has 18 heteroatoms. The predicted molar refractivity (Wildman–Crippen MR) is 208 cm³/mol. The van der Waals surface area contributed by atoms with E-state index < -0.39 is 28.6 Å². The van der Waals surface area contributed by atoms with Crippen LogP contribution < -0.4 is 10.6 Å². The highest BCUT2D eigenvalue weighted by Gasteiger charge is 2.39. The second-order valence-corrected chi connectivity index (χ2v) is 15.6. The minimum Gasteiger partial charge on any atom is -0.481 e. The number of carbonyl (C=O) groups is 1. The topological polar surface area (TPSA) is 200 Å². The molecule has 290 valence electrons. The van der Waals surface area contributed by atoms with Gasteiger partial charge in [0.1, 0.15) is 11.3 Å².